The van der Waals surface area contributed by atoms with Crippen molar-refractivity contribution in [1.82, 2.24) is 0 Å². The van der Waals surface area contributed by atoms with Gasteiger partial charge in [0.1, 0.15) is 5.76 Å². The minimum Gasteiger partial charge on any atom is -0.511 e. The van der Waals surface area contributed by atoms with Crippen LogP contribution in [0.2, 0.25) is 0 Å². The zero-order chi connectivity index (χ0) is 13.7. The second kappa shape index (κ2) is 6.21. The van der Waals surface area contributed by atoms with Crippen LogP contribution in [0.4, 0.5) is 0 Å². The molecule has 0 bridgehead atoms. The maximum Gasteiger partial charge on any atom is 0.169 e. The molecule has 18 heavy (non-hydrogen) atoms. The fourth-order valence-electron chi connectivity index (χ4n) is 1.99. The number of carbonyl (C=O) groups is 2. The van der Waals surface area contributed by atoms with Crippen molar-refractivity contribution in [2.75, 3.05) is 0 Å². The molecule has 0 amide bonds. The minimum atomic E-state index is -0.837. The molecular weight excluding hydrogens is 234 g/mol. The summed E-state index contributed by atoms with van der Waals surface area (Å²) in [7, 11) is 0. The van der Waals surface area contributed by atoms with Crippen LogP contribution in [0.25, 0.3) is 10.4 Å². The Bertz CT molecular complexity index is 416. The first-order valence-electron chi connectivity index (χ1n) is 6.01. The van der Waals surface area contributed by atoms with Crippen LogP contribution in [0.3, 0.4) is 0 Å². The third-order valence-corrected chi connectivity index (χ3v) is 2.82. The zero-order valence-electron chi connectivity index (χ0n) is 10.6. The van der Waals surface area contributed by atoms with E-state index in [0.29, 0.717) is 12.8 Å². The summed E-state index contributed by atoms with van der Waals surface area (Å²) in [6.07, 6.45) is 1.44. The van der Waals surface area contributed by atoms with Gasteiger partial charge in [0.15, 0.2) is 11.6 Å². The Morgan fingerprint density at radius 1 is 1.39 bits per heavy atom. The minimum absolute atomic E-state index is 0.167. The van der Waals surface area contributed by atoms with Gasteiger partial charge in [-0.3, -0.25) is 9.59 Å². The maximum atomic E-state index is 11.7. The van der Waals surface area contributed by atoms with E-state index < -0.39 is 6.04 Å². The Labute approximate surface area is 105 Å². The molecule has 0 aromatic carbocycles. The molecule has 1 aliphatic rings. The van der Waals surface area contributed by atoms with Crippen molar-refractivity contribution in [2.45, 2.75) is 45.6 Å². The molecule has 0 aromatic heterocycles. The lowest BCUT2D eigenvalue weighted by Gasteiger charge is -2.18. The number of rotatable bonds is 4. The summed E-state index contributed by atoms with van der Waals surface area (Å²) in [6, 6.07) is -0.837. The summed E-state index contributed by atoms with van der Waals surface area (Å²) >= 11 is 0. The molecule has 0 radical (unpaired) electrons. The lowest BCUT2D eigenvalue weighted by Crippen LogP contribution is -2.25. The topological polar surface area (TPSA) is 103 Å². The lowest BCUT2D eigenvalue weighted by atomic mass is 9.88. The van der Waals surface area contributed by atoms with Crippen molar-refractivity contribution in [3.05, 3.63) is 21.8 Å². The molecule has 1 atom stereocenters. The molecule has 0 aliphatic heterocycles. The molecule has 0 saturated heterocycles. The Hall–Kier alpha value is -1.81. The average Bonchev–Trinajstić information content (AvgIpc) is 2.27. The first kappa shape index (κ1) is 14.3. The Morgan fingerprint density at radius 2 is 1.94 bits per heavy atom. The summed E-state index contributed by atoms with van der Waals surface area (Å²) < 4.78 is 0. The molecule has 0 heterocycles. The number of Topliss-reactive ketones (excluding diaryl/α,β-unsaturated/α-hetero) is 2. The maximum absolute atomic E-state index is 11.7. The zero-order valence-corrected chi connectivity index (χ0v) is 10.6. The number of aliphatic hydroxyl groups is 1. The highest BCUT2D eigenvalue weighted by atomic mass is 16.3. The highest BCUT2D eigenvalue weighted by Crippen LogP contribution is 2.24. The fourth-order valence-corrected chi connectivity index (χ4v) is 1.99. The van der Waals surface area contributed by atoms with Crippen LogP contribution in [-0.4, -0.2) is 22.7 Å². The smallest absolute Gasteiger partial charge is 0.169 e. The third-order valence-electron chi connectivity index (χ3n) is 2.82. The Balaban J connectivity index is 3.11. The predicted octanol–water partition coefficient (Wildman–Crippen LogP) is 2.85. The summed E-state index contributed by atoms with van der Waals surface area (Å²) in [4.78, 5) is 26.0. The van der Waals surface area contributed by atoms with E-state index in [1.165, 1.54) is 0 Å². The third kappa shape index (κ3) is 3.34. The molecule has 1 saturated carbocycles. The molecule has 0 aromatic rings. The van der Waals surface area contributed by atoms with Gasteiger partial charge in [-0.1, -0.05) is 19.0 Å². The van der Waals surface area contributed by atoms with E-state index in [-0.39, 0.29) is 41.7 Å². The fraction of sp³-hybridized carbons (Fsp3) is 0.667. The quantitative estimate of drug-likeness (QED) is 0.207. The molecule has 1 rings (SSSR count). The molecular formula is C12H17N3O3. The summed E-state index contributed by atoms with van der Waals surface area (Å²) in [5.74, 6) is -0.899. The first-order chi connectivity index (χ1) is 8.47. The Kier molecular flexibility index (Phi) is 4.92. The van der Waals surface area contributed by atoms with Crippen LogP contribution in [-0.2, 0) is 9.59 Å². The highest BCUT2D eigenvalue weighted by molar-refractivity contribution is 6.22. The van der Waals surface area contributed by atoms with Gasteiger partial charge in [-0.05, 0) is 24.3 Å². The van der Waals surface area contributed by atoms with E-state index in [1.807, 2.05) is 13.8 Å². The largest absolute Gasteiger partial charge is 0.511 e. The van der Waals surface area contributed by atoms with Gasteiger partial charge < -0.3 is 5.11 Å². The van der Waals surface area contributed by atoms with Gasteiger partial charge in [0.05, 0.1) is 11.6 Å². The monoisotopic (exact) mass is 251 g/mol. The standard InChI is InChI=1S/C12H17N3O3/c1-7(2)6-8(14-15-13)12(18)11-9(16)4-3-5-10(11)17/h7-8,18H,3-6H2,1-2H3/t8-/m0/s1. The van der Waals surface area contributed by atoms with Crippen molar-refractivity contribution in [3.63, 3.8) is 0 Å². The first-order valence-corrected chi connectivity index (χ1v) is 6.01. The van der Waals surface area contributed by atoms with Crippen LogP contribution in [0.1, 0.15) is 39.5 Å². The van der Waals surface area contributed by atoms with Gasteiger partial charge in [0.2, 0.25) is 0 Å². The normalized spacial score (nSPS) is 17.6. The van der Waals surface area contributed by atoms with E-state index in [4.69, 9.17) is 5.53 Å². The Morgan fingerprint density at radius 3 is 2.39 bits per heavy atom. The summed E-state index contributed by atoms with van der Waals surface area (Å²) in [6.45, 7) is 3.81. The number of carbonyl (C=O) groups excluding carboxylic acids is 2. The number of nitrogens with zero attached hydrogens (tertiary/aromatic N) is 3. The van der Waals surface area contributed by atoms with Crippen LogP contribution >= 0.6 is 0 Å². The van der Waals surface area contributed by atoms with E-state index >= 15 is 0 Å². The number of ketones is 2. The summed E-state index contributed by atoms with van der Waals surface area (Å²) in [5, 5.41) is 13.5. The molecule has 1 fully saturated rings. The van der Waals surface area contributed by atoms with E-state index in [1.54, 1.807) is 0 Å². The molecule has 0 spiro atoms. The van der Waals surface area contributed by atoms with Crippen LogP contribution in [0.5, 0.6) is 0 Å². The van der Waals surface area contributed by atoms with Crippen molar-refractivity contribution in [2.24, 2.45) is 11.0 Å². The number of aliphatic hydroxyl groups excluding tert-OH is 1. The van der Waals surface area contributed by atoms with Crippen molar-refractivity contribution in [1.29, 1.82) is 0 Å². The van der Waals surface area contributed by atoms with Crippen LogP contribution < -0.4 is 0 Å². The summed E-state index contributed by atoms with van der Waals surface area (Å²) in [5.41, 5.74) is 8.32. The van der Waals surface area contributed by atoms with Crippen molar-refractivity contribution in [3.8, 4) is 0 Å². The van der Waals surface area contributed by atoms with Gasteiger partial charge in [0.25, 0.3) is 0 Å². The molecule has 98 valence electrons. The van der Waals surface area contributed by atoms with E-state index in [9.17, 15) is 14.7 Å². The average molecular weight is 251 g/mol. The number of hydrogen-bond acceptors (Lipinski definition) is 4. The second-order valence-electron chi connectivity index (χ2n) is 4.81. The molecule has 1 N–H and O–H groups in total. The van der Waals surface area contributed by atoms with Gasteiger partial charge in [-0.25, -0.2) is 0 Å². The van der Waals surface area contributed by atoms with E-state index in [2.05, 4.69) is 10.0 Å². The molecule has 1 aliphatic carbocycles. The van der Waals surface area contributed by atoms with E-state index in [0.717, 1.165) is 0 Å². The lowest BCUT2D eigenvalue weighted by molar-refractivity contribution is -0.124. The highest BCUT2D eigenvalue weighted by Gasteiger charge is 2.30. The molecule has 6 nitrogen and oxygen atoms in total. The van der Waals surface area contributed by atoms with Crippen LogP contribution in [0, 0.1) is 5.92 Å². The van der Waals surface area contributed by atoms with Gasteiger partial charge >= 0.3 is 0 Å². The molecule has 0 unspecified atom stereocenters. The number of allylic oxidation sites excluding steroid dienone is 1. The van der Waals surface area contributed by atoms with Crippen LogP contribution in [0.15, 0.2) is 16.4 Å². The SMILES string of the molecule is CC(C)C[C@H](N=[N+]=[N-])C(O)=C1C(=O)CCCC1=O. The second-order valence-corrected chi connectivity index (χ2v) is 4.81. The van der Waals surface area contributed by atoms with Crippen molar-refractivity contribution >= 4 is 11.6 Å². The number of hydrogen-bond donors (Lipinski definition) is 1. The van der Waals surface area contributed by atoms with Crippen molar-refractivity contribution < 1.29 is 14.7 Å². The van der Waals surface area contributed by atoms with Gasteiger partial charge in [-0.15, -0.1) is 0 Å². The van der Waals surface area contributed by atoms with Gasteiger partial charge in [0, 0.05) is 17.8 Å². The van der Waals surface area contributed by atoms with Gasteiger partial charge in [-0.2, -0.15) is 0 Å². The predicted molar refractivity (Wildman–Crippen MR) is 65.9 cm³/mol. The number of azide groups is 1. The molecule has 6 heteroatoms.